The second-order valence-electron chi connectivity index (χ2n) is 4.69. The van der Waals surface area contributed by atoms with Crippen molar-refractivity contribution in [2.24, 2.45) is 5.92 Å². The summed E-state index contributed by atoms with van der Waals surface area (Å²) in [6, 6.07) is 0. The predicted octanol–water partition coefficient (Wildman–Crippen LogP) is 2.52. The van der Waals surface area contributed by atoms with E-state index in [-0.39, 0.29) is 12.2 Å². The third-order valence-electron chi connectivity index (χ3n) is 3.00. The van der Waals surface area contributed by atoms with E-state index in [1.165, 1.54) is 18.4 Å². The highest BCUT2D eigenvalue weighted by atomic mass is 16.5. The lowest BCUT2D eigenvalue weighted by Gasteiger charge is -2.32. The van der Waals surface area contributed by atoms with E-state index in [0.29, 0.717) is 6.61 Å². The molecule has 0 unspecified atom stereocenters. The summed E-state index contributed by atoms with van der Waals surface area (Å²) in [6.45, 7) is 7.00. The van der Waals surface area contributed by atoms with Crippen LogP contribution in [0.3, 0.4) is 0 Å². The minimum atomic E-state index is -0.192. The highest BCUT2D eigenvalue weighted by Crippen LogP contribution is 2.32. The monoisotopic (exact) mass is 198 g/mol. The highest BCUT2D eigenvalue weighted by molar-refractivity contribution is 5.17. The summed E-state index contributed by atoms with van der Waals surface area (Å²) in [6.07, 6.45) is 5.88. The number of allylic oxidation sites excluding steroid dienone is 1. The van der Waals surface area contributed by atoms with Gasteiger partial charge in [-0.2, -0.15) is 0 Å². The molecule has 0 saturated heterocycles. The van der Waals surface area contributed by atoms with E-state index in [0.717, 1.165) is 12.3 Å². The zero-order chi connectivity index (χ0) is 10.6. The van der Waals surface area contributed by atoms with Gasteiger partial charge in [0.15, 0.2) is 0 Å². The van der Waals surface area contributed by atoms with Gasteiger partial charge in [0.05, 0.1) is 18.8 Å². The van der Waals surface area contributed by atoms with Gasteiger partial charge in [0.25, 0.3) is 0 Å². The maximum absolute atomic E-state index is 8.73. The quantitative estimate of drug-likeness (QED) is 0.703. The zero-order valence-corrected chi connectivity index (χ0v) is 9.55. The highest BCUT2D eigenvalue weighted by Gasteiger charge is 2.25. The summed E-state index contributed by atoms with van der Waals surface area (Å²) < 4.78 is 5.64. The first-order valence-electron chi connectivity index (χ1n) is 5.50. The second-order valence-corrected chi connectivity index (χ2v) is 4.69. The molecule has 0 aromatic heterocycles. The fraction of sp³-hybridized carbons (Fsp3) is 0.833. The molecule has 1 aliphatic rings. The average Bonchev–Trinajstić information content (AvgIpc) is 2.16. The van der Waals surface area contributed by atoms with Gasteiger partial charge < -0.3 is 9.84 Å². The van der Waals surface area contributed by atoms with Gasteiger partial charge in [-0.1, -0.05) is 13.0 Å². The molecule has 0 aliphatic heterocycles. The molecule has 1 rings (SSSR count). The van der Waals surface area contributed by atoms with Crippen molar-refractivity contribution >= 4 is 0 Å². The topological polar surface area (TPSA) is 29.5 Å². The Morgan fingerprint density at radius 1 is 1.57 bits per heavy atom. The molecule has 0 fully saturated rings. The predicted molar refractivity (Wildman–Crippen MR) is 58.2 cm³/mol. The molecule has 14 heavy (non-hydrogen) atoms. The van der Waals surface area contributed by atoms with Gasteiger partial charge in [-0.25, -0.2) is 0 Å². The molecule has 0 radical (unpaired) electrons. The van der Waals surface area contributed by atoms with Crippen LogP contribution in [0.5, 0.6) is 0 Å². The van der Waals surface area contributed by atoms with Crippen molar-refractivity contribution in [1.82, 2.24) is 0 Å². The molecular formula is C12H22O2. The molecule has 0 saturated carbocycles. The van der Waals surface area contributed by atoms with E-state index in [1.54, 1.807) is 0 Å². The van der Waals surface area contributed by atoms with Crippen molar-refractivity contribution in [2.75, 3.05) is 13.2 Å². The normalized spacial score (nSPS) is 23.4. The number of hydrogen-bond donors (Lipinski definition) is 1. The molecule has 82 valence electrons. The molecule has 0 amide bonds. The van der Waals surface area contributed by atoms with Crippen molar-refractivity contribution in [3.05, 3.63) is 11.6 Å². The minimum absolute atomic E-state index is 0.104. The smallest absolute Gasteiger partial charge is 0.0836 e. The van der Waals surface area contributed by atoms with Crippen LogP contribution in [0.15, 0.2) is 11.6 Å². The average molecular weight is 198 g/mol. The lowest BCUT2D eigenvalue weighted by Crippen LogP contribution is -2.30. The molecule has 0 aromatic carbocycles. The Balaban J connectivity index is 2.53. The SMILES string of the molecule is C[C@H]1CC=C(C(C)(C)OCCO)CC1. The van der Waals surface area contributed by atoms with Crippen molar-refractivity contribution in [3.63, 3.8) is 0 Å². The van der Waals surface area contributed by atoms with Gasteiger partial charge in [0.2, 0.25) is 0 Å². The van der Waals surface area contributed by atoms with Crippen LogP contribution < -0.4 is 0 Å². The third-order valence-corrected chi connectivity index (χ3v) is 3.00. The fourth-order valence-corrected chi connectivity index (χ4v) is 1.91. The van der Waals surface area contributed by atoms with Gasteiger partial charge in [0, 0.05) is 0 Å². The van der Waals surface area contributed by atoms with Gasteiger partial charge in [-0.15, -0.1) is 0 Å². The molecule has 1 aliphatic carbocycles. The van der Waals surface area contributed by atoms with Crippen LogP contribution in [0.1, 0.15) is 40.0 Å². The maximum atomic E-state index is 8.73. The van der Waals surface area contributed by atoms with Crippen LogP contribution >= 0.6 is 0 Å². The molecule has 1 N–H and O–H groups in total. The summed E-state index contributed by atoms with van der Waals surface area (Å²) in [5.74, 6) is 0.812. The molecule has 0 spiro atoms. The van der Waals surface area contributed by atoms with Crippen molar-refractivity contribution in [3.8, 4) is 0 Å². The van der Waals surface area contributed by atoms with Gasteiger partial charge >= 0.3 is 0 Å². The molecule has 2 heteroatoms. The molecule has 1 atom stereocenters. The number of rotatable bonds is 4. The van der Waals surface area contributed by atoms with Gasteiger partial charge in [0.1, 0.15) is 0 Å². The Bertz CT molecular complexity index is 206. The Labute approximate surface area is 87.0 Å². The standard InChI is InChI=1S/C12H22O2/c1-10-4-6-11(7-5-10)12(2,3)14-9-8-13/h6,10,13H,4-5,7-9H2,1-3H3/t10-/m0/s1. The van der Waals surface area contributed by atoms with Crippen LogP contribution in [-0.2, 0) is 4.74 Å². The van der Waals surface area contributed by atoms with Crippen LogP contribution in [0, 0.1) is 5.92 Å². The number of aliphatic hydroxyl groups is 1. The van der Waals surface area contributed by atoms with E-state index in [9.17, 15) is 0 Å². The summed E-state index contributed by atoms with van der Waals surface area (Å²) in [4.78, 5) is 0. The summed E-state index contributed by atoms with van der Waals surface area (Å²) in [7, 11) is 0. The summed E-state index contributed by atoms with van der Waals surface area (Å²) >= 11 is 0. The molecular weight excluding hydrogens is 176 g/mol. The minimum Gasteiger partial charge on any atom is -0.394 e. The number of aliphatic hydroxyl groups excluding tert-OH is 1. The van der Waals surface area contributed by atoms with Gasteiger partial charge in [-0.3, -0.25) is 0 Å². The third kappa shape index (κ3) is 3.10. The Morgan fingerprint density at radius 2 is 2.29 bits per heavy atom. The first kappa shape index (κ1) is 11.7. The Kier molecular flexibility index (Phi) is 4.14. The van der Waals surface area contributed by atoms with Crippen LogP contribution in [0.4, 0.5) is 0 Å². The molecule has 0 heterocycles. The second kappa shape index (κ2) is 4.94. The first-order chi connectivity index (χ1) is 6.56. The molecule has 2 nitrogen and oxygen atoms in total. The van der Waals surface area contributed by atoms with E-state index < -0.39 is 0 Å². The van der Waals surface area contributed by atoms with Crippen molar-refractivity contribution in [2.45, 2.75) is 45.6 Å². The molecule has 0 aromatic rings. The van der Waals surface area contributed by atoms with Crippen molar-refractivity contribution in [1.29, 1.82) is 0 Å². The molecule has 0 bridgehead atoms. The van der Waals surface area contributed by atoms with Crippen LogP contribution in [0.25, 0.3) is 0 Å². The fourth-order valence-electron chi connectivity index (χ4n) is 1.91. The van der Waals surface area contributed by atoms with E-state index >= 15 is 0 Å². The van der Waals surface area contributed by atoms with E-state index in [1.807, 2.05) is 0 Å². The lowest BCUT2D eigenvalue weighted by molar-refractivity contribution is -0.0113. The van der Waals surface area contributed by atoms with E-state index in [2.05, 4.69) is 26.8 Å². The first-order valence-corrected chi connectivity index (χ1v) is 5.50. The zero-order valence-electron chi connectivity index (χ0n) is 9.55. The van der Waals surface area contributed by atoms with Crippen molar-refractivity contribution < 1.29 is 9.84 Å². The van der Waals surface area contributed by atoms with Crippen LogP contribution in [-0.4, -0.2) is 23.9 Å². The van der Waals surface area contributed by atoms with E-state index in [4.69, 9.17) is 9.84 Å². The Hall–Kier alpha value is -0.340. The Morgan fingerprint density at radius 3 is 2.79 bits per heavy atom. The van der Waals surface area contributed by atoms with Gasteiger partial charge in [-0.05, 0) is 44.6 Å². The lowest BCUT2D eigenvalue weighted by atomic mass is 9.84. The van der Waals surface area contributed by atoms with Crippen LogP contribution in [0.2, 0.25) is 0 Å². The number of ether oxygens (including phenoxy) is 1. The maximum Gasteiger partial charge on any atom is 0.0836 e. The largest absolute Gasteiger partial charge is 0.394 e. The summed E-state index contributed by atoms with van der Waals surface area (Å²) in [5.41, 5.74) is 1.20. The summed E-state index contributed by atoms with van der Waals surface area (Å²) in [5, 5.41) is 8.73. The number of hydrogen-bond acceptors (Lipinski definition) is 2.